The lowest BCUT2D eigenvalue weighted by molar-refractivity contribution is -0.137. The second kappa shape index (κ2) is 8.95. The number of hydrogen-bond donors (Lipinski definition) is 0. The minimum Gasteiger partial charge on any atom is -0.348 e. The van der Waals surface area contributed by atoms with E-state index in [0.717, 1.165) is 55.0 Å². The zero-order valence-corrected chi connectivity index (χ0v) is 16.7. The van der Waals surface area contributed by atoms with E-state index in [1.54, 1.807) is 19.0 Å². The van der Waals surface area contributed by atoms with Crippen molar-refractivity contribution in [3.63, 3.8) is 0 Å². The fourth-order valence-electron chi connectivity index (χ4n) is 3.62. The zero-order valence-electron chi connectivity index (χ0n) is 16.7. The third kappa shape index (κ3) is 5.79. The Morgan fingerprint density at radius 1 is 1.17 bits per heavy atom. The van der Waals surface area contributed by atoms with Gasteiger partial charge in [-0.1, -0.05) is 18.2 Å². The van der Waals surface area contributed by atoms with Crippen molar-refractivity contribution < 1.29 is 18.0 Å². The maximum atomic E-state index is 12.7. The number of nitrogens with zero attached hydrogens (tertiary/aromatic N) is 3. The van der Waals surface area contributed by atoms with Crippen molar-refractivity contribution in [2.75, 3.05) is 33.7 Å². The maximum absolute atomic E-state index is 12.7. The van der Waals surface area contributed by atoms with Crippen molar-refractivity contribution in [3.05, 3.63) is 65.0 Å². The molecule has 0 bridgehead atoms. The third-order valence-electron chi connectivity index (χ3n) is 5.28. The molecule has 0 spiro atoms. The van der Waals surface area contributed by atoms with E-state index in [1.165, 1.54) is 12.1 Å². The van der Waals surface area contributed by atoms with Crippen LogP contribution in [0.4, 0.5) is 13.2 Å². The lowest BCUT2D eigenvalue weighted by Crippen LogP contribution is -2.41. The number of aromatic nitrogens is 1. The van der Waals surface area contributed by atoms with Gasteiger partial charge in [0, 0.05) is 44.4 Å². The van der Waals surface area contributed by atoms with Crippen LogP contribution in [-0.4, -0.2) is 54.4 Å². The molecule has 0 N–H and O–H groups in total. The van der Waals surface area contributed by atoms with E-state index in [4.69, 9.17) is 4.98 Å². The van der Waals surface area contributed by atoms with Crippen molar-refractivity contribution in [1.29, 1.82) is 0 Å². The van der Waals surface area contributed by atoms with Crippen LogP contribution in [0.2, 0.25) is 0 Å². The Hall–Kier alpha value is -2.41. The molecule has 0 radical (unpaired) electrons. The van der Waals surface area contributed by atoms with Gasteiger partial charge in [0.2, 0.25) is 5.91 Å². The van der Waals surface area contributed by atoms with Crippen molar-refractivity contribution in [3.8, 4) is 0 Å². The van der Waals surface area contributed by atoms with E-state index in [0.29, 0.717) is 13.0 Å². The van der Waals surface area contributed by atoms with Gasteiger partial charge in [0.25, 0.3) is 0 Å². The predicted molar refractivity (Wildman–Crippen MR) is 106 cm³/mol. The smallest absolute Gasteiger partial charge is 0.348 e. The van der Waals surface area contributed by atoms with Gasteiger partial charge in [-0.25, -0.2) is 0 Å². The molecule has 156 valence electrons. The van der Waals surface area contributed by atoms with Crippen LogP contribution in [0.1, 0.15) is 41.3 Å². The van der Waals surface area contributed by atoms with E-state index in [-0.39, 0.29) is 11.8 Å². The van der Waals surface area contributed by atoms with Crippen LogP contribution in [-0.2, 0) is 17.4 Å². The average Bonchev–Trinajstić information content (AvgIpc) is 2.68. The van der Waals surface area contributed by atoms with Crippen molar-refractivity contribution in [1.82, 2.24) is 14.8 Å². The van der Waals surface area contributed by atoms with E-state index in [9.17, 15) is 18.0 Å². The minimum atomic E-state index is -4.32. The van der Waals surface area contributed by atoms with Gasteiger partial charge in [0.05, 0.1) is 12.1 Å². The van der Waals surface area contributed by atoms with Crippen LogP contribution >= 0.6 is 0 Å². The molecule has 1 aliphatic heterocycles. The van der Waals surface area contributed by atoms with Crippen molar-refractivity contribution >= 4 is 5.91 Å². The summed E-state index contributed by atoms with van der Waals surface area (Å²) in [5.41, 5.74) is 1.97. The summed E-state index contributed by atoms with van der Waals surface area (Å²) >= 11 is 0. The molecule has 0 unspecified atom stereocenters. The lowest BCUT2D eigenvalue weighted by Gasteiger charge is -2.32. The topological polar surface area (TPSA) is 36.4 Å². The van der Waals surface area contributed by atoms with E-state index >= 15 is 0 Å². The van der Waals surface area contributed by atoms with Gasteiger partial charge in [-0.05, 0) is 49.2 Å². The molecule has 1 aliphatic rings. The fraction of sp³-hybridized carbons (Fsp3) is 0.455. The Labute approximate surface area is 169 Å². The summed E-state index contributed by atoms with van der Waals surface area (Å²) in [7, 11) is 3.52. The first-order chi connectivity index (χ1) is 13.7. The number of pyridine rings is 1. The number of halogens is 3. The number of likely N-dealkylation sites (tertiary alicyclic amines) is 1. The number of likely N-dealkylation sites (N-methyl/N-ethyl adjacent to an activating group) is 1. The molecule has 4 nitrogen and oxygen atoms in total. The number of hydrogen-bond acceptors (Lipinski definition) is 3. The Bertz CT molecular complexity index is 834. The standard InChI is InChI=1S/C22H26F3N3O/c1-27(2)21(29)15-28-12-4-5-17(14-28)20-7-3-6-19(26-20)13-16-8-10-18(11-9-16)22(23,24)25/h3,6-11,17H,4-5,12-15H2,1-2H3/t17-/m0/s1. The number of rotatable bonds is 5. The minimum absolute atomic E-state index is 0.0923. The first kappa shape index (κ1) is 21.3. The Balaban J connectivity index is 1.67. The molecule has 3 rings (SSSR count). The molecule has 2 heterocycles. The number of piperidine rings is 1. The summed E-state index contributed by atoms with van der Waals surface area (Å²) in [6.07, 6.45) is -1.81. The molecule has 1 amide bonds. The highest BCUT2D eigenvalue weighted by Gasteiger charge is 2.30. The molecular formula is C22H26F3N3O. The highest BCUT2D eigenvalue weighted by molar-refractivity contribution is 5.77. The van der Waals surface area contributed by atoms with E-state index in [2.05, 4.69) is 4.90 Å². The molecule has 1 saturated heterocycles. The Morgan fingerprint density at radius 3 is 2.55 bits per heavy atom. The first-order valence-electron chi connectivity index (χ1n) is 9.77. The number of carbonyl (C=O) groups excluding carboxylic acids is 1. The summed E-state index contributed by atoms with van der Waals surface area (Å²) in [4.78, 5) is 20.5. The van der Waals surface area contributed by atoms with Gasteiger partial charge in [0.15, 0.2) is 0 Å². The molecule has 1 atom stereocenters. The second-order valence-corrected chi connectivity index (χ2v) is 7.79. The fourth-order valence-corrected chi connectivity index (χ4v) is 3.62. The van der Waals surface area contributed by atoms with Gasteiger partial charge < -0.3 is 4.90 Å². The molecule has 1 aromatic carbocycles. The van der Waals surface area contributed by atoms with Gasteiger partial charge in [-0.2, -0.15) is 13.2 Å². The van der Waals surface area contributed by atoms with E-state index in [1.807, 2.05) is 18.2 Å². The molecule has 2 aromatic rings. The third-order valence-corrected chi connectivity index (χ3v) is 5.28. The SMILES string of the molecule is CN(C)C(=O)CN1CCC[C@H](c2cccc(Cc3ccc(C(F)(F)F)cc3)n2)C1. The predicted octanol–water partition coefficient (Wildman–Crippen LogP) is 3.96. The van der Waals surface area contributed by atoms with Crippen LogP contribution in [0.5, 0.6) is 0 Å². The molecule has 0 aliphatic carbocycles. The monoisotopic (exact) mass is 405 g/mol. The lowest BCUT2D eigenvalue weighted by atomic mass is 9.94. The highest BCUT2D eigenvalue weighted by Crippen LogP contribution is 2.30. The normalized spacial score (nSPS) is 17.9. The summed E-state index contributed by atoms with van der Waals surface area (Å²) in [5.74, 6) is 0.348. The van der Waals surface area contributed by atoms with Gasteiger partial charge in [-0.3, -0.25) is 14.7 Å². The van der Waals surface area contributed by atoms with Crippen LogP contribution in [0.25, 0.3) is 0 Å². The number of alkyl halides is 3. The van der Waals surface area contributed by atoms with Crippen LogP contribution in [0.3, 0.4) is 0 Å². The molecule has 1 fully saturated rings. The van der Waals surface area contributed by atoms with Gasteiger partial charge >= 0.3 is 6.18 Å². The summed E-state index contributed by atoms with van der Waals surface area (Å²) in [6.45, 7) is 2.10. The molecule has 29 heavy (non-hydrogen) atoms. The maximum Gasteiger partial charge on any atom is 0.416 e. The quantitative estimate of drug-likeness (QED) is 0.756. The highest BCUT2D eigenvalue weighted by atomic mass is 19.4. The Kier molecular flexibility index (Phi) is 6.57. The first-order valence-corrected chi connectivity index (χ1v) is 9.77. The van der Waals surface area contributed by atoms with Crippen molar-refractivity contribution in [2.24, 2.45) is 0 Å². The van der Waals surface area contributed by atoms with Gasteiger partial charge in [0.1, 0.15) is 0 Å². The van der Waals surface area contributed by atoms with Crippen LogP contribution < -0.4 is 0 Å². The number of benzene rings is 1. The number of carbonyl (C=O) groups is 1. The number of amides is 1. The largest absolute Gasteiger partial charge is 0.416 e. The molecule has 0 saturated carbocycles. The average molecular weight is 405 g/mol. The molecule has 7 heteroatoms. The molecular weight excluding hydrogens is 379 g/mol. The second-order valence-electron chi connectivity index (χ2n) is 7.79. The van der Waals surface area contributed by atoms with Crippen LogP contribution in [0.15, 0.2) is 42.5 Å². The Morgan fingerprint density at radius 2 is 1.90 bits per heavy atom. The summed E-state index contributed by atoms with van der Waals surface area (Å²) in [5, 5.41) is 0. The summed E-state index contributed by atoms with van der Waals surface area (Å²) < 4.78 is 38.2. The molecule has 1 aromatic heterocycles. The van der Waals surface area contributed by atoms with E-state index < -0.39 is 11.7 Å². The van der Waals surface area contributed by atoms with Crippen LogP contribution in [0, 0.1) is 0 Å². The zero-order chi connectivity index (χ0) is 21.0. The van der Waals surface area contributed by atoms with Gasteiger partial charge in [-0.15, -0.1) is 0 Å². The van der Waals surface area contributed by atoms with Crippen molar-refractivity contribution in [2.45, 2.75) is 31.4 Å². The summed E-state index contributed by atoms with van der Waals surface area (Å²) in [6, 6.07) is 11.1.